The first-order valence-electron chi connectivity index (χ1n) is 11.4. The molecule has 2 aromatic carbocycles. The molecule has 3 aromatic rings. The Morgan fingerprint density at radius 3 is 2.77 bits per heavy atom. The van der Waals surface area contributed by atoms with Gasteiger partial charge in [-0.1, -0.05) is 24.0 Å². The summed E-state index contributed by atoms with van der Waals surface area (Å²) in [4.78, 5) is 30.8. The van der Waals surface area contributed by atoms with Crippen molar-refractivity contribution >= 4 is 17.4 Å². The molecule has 1 atom stereocenters. The number of imidazole rings is 1. The molecule has 5 rings (SSSR count). The first kappa shape index (κ1) is 22.5. The summed E-state index contributed by atoms with van der Waals surface area (Å²) in [7, 11) is 1.54. The molecule has 2 aliphatic rings. The molecular weight excluding hydrogens is 450 g/mol. The van der Waals surface area contributed by atoms with Crippen LogP contribution in [0, 0.1) is 0 Å². The first-order valence-corrected chi connectivity index (χ1v) is 11.4. The van der Waals surface area contributed by atoms with Gasteiger partial charge in [0.25, 0.3) is 5.91 Å². The highest BCUT2D eigenvalue weighted by atomic mass is 16.6. The predicted molar refractivity (Wildman–Crippen MR) is 122 cm³/mol. The lowest BCUT2D eigenvalue weighted by Gasteiger charge is -2.28. The molecule has 1 saturated heterocycles. The quantitative estimate of drug-likeness (QED) is 0.240. The summed E-state index contributed by atoms with van der Waals surface area (Å²) in [5, 5.41) is 13.7. The number of ether oxygens (including phenoxy) is 3. The predicted octanol–water partition coefficient (Wildman–Crippen LogP) is 1.40. The summed E-state index contributed by atoms with van der Waals surface area (Å²) in [5.74, 6) is -0.415. The van der Waals surface area contributed by atoms with Gasteiger partial charge in [-0.05, 0) is 35.4 Å². The van der Waals surface area contributed by atoms with Gasteiger partial charge >= 0.3 is 0 Å². The zero-order valence-electron chi connectivity index (χ0n) is 19.2. The summed E-state index contributed by atoms with van der Waals surface area (Å²) < 4.78 is 18.5. The van der Waals surface area contributed by atoms with Gasteiger partial charge in [-0.3, -0.25) is 14.6 Å². The van der Waals surface area contributed by atoms with E-state index in [2.05, 4.69) is 4.98 Å². The Labute approximate surface area is 202 Å². The molecule has 1 aromatic heterocycles. The van der Waals surface area contributed by atoms with Gasteiger partial charge in [0.05, 0.1) is 19.7 Å². The van der Waals surface area contributed by atoms with E-state index in [1.807, 2.05) is 23.3 Å². The Hall–Kier alpha value is -4.27. The van der Waals surface area contributed by atoms with Crippen molar-refractivity contribution in [1.29, 1.82) is 0 Å². The van der Waals surface area contributed by atoms with Gasteiger partial charge in [-0.2, -0.15) is 0 Å². The van der Waals surface area contributed by atoms with Crippen molar-refractivity contribution in [3.63, 3.8) is 0 Å². The van der Waals surface area contributed by atoms with E-state index in [-0.39, 0.29) is 11.1 Å². The standard InChI is InChI=1S/C26H25N3O6/c1-33-19-5-2-4-17(14-19)23-22(24(30)18-6-7-20-21(15-18)35-13-12-34-20)25(31)26(32)29(23)10-3-9-28-11-8-27-16-28/h2,4-8,11,14-16,23H,3,9-10,12-13H2,1H3,(H,30,31). The van der Waals surface area contributed by atoms with Gasteiger partial charge in [0, 0.05) is 18.5 Å². The number of aromatic amines is 1. The number of likely N-dealkylation sites (tertiary alicyclic amines) is 1. The third-order valence-corrected chi connectivity index (χ3v) is 6.16. The largest absolute Gasteiger partial charge is 0.872 e. The van der Waals surface area contributed by atoms with E-state index in [1.165, 1.54) is 4.90 Å². The fourth-order valence-corrected chi connectivity index (χ4v) is 4.48. The Bertz CT molecular complexity index is 1280. The molecule has 1 amide bonds. The Morgan fingerprint density at radius 1 is 1.17 bits per heavy atom. The highest BCUT2D eigenvalue weighted by molar-refractivity contribution is 6.46. The molecule has 9 nitrogen and oxygen atoms in total. The number of benzene rings is 2. The molecule has 1 fully saturated rings. The van der Waals surface area contributed by atoms with Crippen LogP contribution < -0.4 is 23.9 Å². The Morgan fingerprint density at radius 2 is 2.00 bits per heavy atom. The minimum Gasteiger partial charge on any atom is -0.872 e. The molecule has 0 saturated carbocycles. The van der Waals surface area contributed by atoms with E-state index in [0.29, 0.717) is 55.5 Å². The number of nitrogens with zero attached hydrogens (tertiary/aromatic N) is 2. The first-order chi connectivity index (χ1) is 17.1. The van der Waals surface area contributed by atoms with E-state index in [1.54, 1.807) is 49.6 Å². The molecular formula is C26H25N3O6. The molecule has 0 bridgehead atoms. The number of ketones is 1. The highest BCUT2D eigenvalue weighted by Gasteiger charge is 2.44. The molecule has 180 valence electrons. The van der Waals surface area contributed by atoms with Crippen LogP contribution in [-0.4, -0.2) is 48.4 Å². The van der Waals surface area contributed by atoms with Crippen LogP contribution >= 0.6 is 0 Å². The lowest BCUT2D eigenvalue weighted by Crippen LogP contribution is -2.36. The minimum absolute atomic E-state index is 0.0748. The van der Waals surface area contributed by atoms with Crippen LogP contribution in [0.1, 0.15) is 23.6 Å². The number of H-pyrrole nitrogens is 1. The van der Waals surface area contributed by atoms with Crippen LogP contribution in [0.4, 0.5) is 0 Å². The monoisotopic (exact) mass is 475 g/mol. The third-order valence-electron chi connectivity index (χ3n) is 6.16. The van der Waals surface area contributed by atoms with Crippen molar-refractivity contribution in [2.45, 2.75) is 19.0 Å². The number of hydrogen-bond acceptors (Lipinski definition) is 6. The number of methoxy groups -OCH3 is 1. The van der Waals surface area contributed by atoms with Gasteiger partial charge in [-0.25, -0.2) is 4.57 Å². The highest BCUT2D eigenvalue weighted by Crippen LogP contribution is 2.41. The lowest BCUT2D eigenvalue weighted by atomic mass is 9.95. The third kappa shape index (κ3) is 4.32. The molecule has 35 heavy (non-hydrogen) atoms. The maximum absolute atomic E-state index is 13.7. The van der Waals surface area contributed by atoms with E-state index < -0.39 is 23.5 Å². The van der Waals surface area contributed by atoms with Crippen molar-refractivity contribution < 1.29 is 33.5 Å². The normalized spacial score (nSPS) is 18.7. The van der Waals surface area contributed by atoms with Crippen LogP contribution in [0.5, 0.6) is 17.2 Å². The molecule has 1 N–H and O–H groups in total. The smallest absolute Gasteiger partial charge is 0.295 e. The van der Waals surface area contributed by atoms with Crippen LogP contribution in [0.3, 0.4) is 0 Å². The maximum atomic E-state index is 13.7. The van der Waals surface area contributed by atoms with Gasteiger partial charge in [-0.15, -0.1) is 0 Å². The van der Waals surface area contributed by atoms with Gasteiger partial charge in [0.15, 0.2) is 11.5 Å². The lowest BCUT2D eigenvalue weighted by molar-refractivity contribution is -0.695. The summed E-state index contributed by atoms with van der Waals surface area (Å²) in [6.07, 6.45) is 6.12. The average Bonchev–Trinajstić information content (AvgIpc) is 3.50. The number of Topliss-reactive ketones (excluding diaryl/α,β-unsaturated/α-hetero) is 1. The maximum Gasteiger partial charge on any atom is 0.295 e. The number of aryl methyl sites for hydroxylation is 1. The molecule has 3 heterocycles. The van der Waals surface area contributed by atoms with Crippen LogP contribution in [0.15, 0.2) is 66.8 Å². The Balaban J connectivity index is 1.54. The molecule has 2 aliphatic heterocycles. The van der Waals surface area contributed by atoms with E-state index in [0.717, 1.165) is 0 Å². The second-order valence-electron chi connectivity index (χ2n) is 8.31. The number of aromatic nitrogens is 2. The fourth-order valence-electron chi connectivity index (χ4n) is 4.48. The number of rotatable bonds is 7. The Kier molecular flexibility index (Phi) is 6.13. The second kappa shape index (κ2) is 9.54. The second-order valence-corrected chi connectivity index (χ2v) is 8.31. The van der Waals surface area contributed by atoms with Crippen molar-refractivity contribution in [1.82, 2.24) is 9.88 Å². The average molecular weight is 476 g/mol. The SMILES string of the molecule is COc1cccc(C2/C(=C(\[O-])c3ccc4c(c3)OCCO4)C(=O)C(=O)N2CCC[n+]2cc[nH]c2)c1. The molecule has 1 unspecified atom stereocenters. The molecule has 0 spiro atoms. The van der Waals surface area contributed by atoms with Gasteiger partial charge in [0.1, 0.15) is 31.4 Å². The number of carbonyl (C=O) groups excluding carboxylic acids is 2. The number of amides is 1. The van der Waals surface area contributed by atoms with Crippen molar-refractivity contribution in [2.75, 3.05) is 26.9 Å². The van der Waals surface area contributed by atoms with E-state index in [4.69, 9.17) is 14.2 Å². The van der Waals surface area contributed by atoms with Crippen LogP contribution in [0.25, 0.3) is 5.76 Å². The number of carbonyl (C=O) groups is 2. The number of hydrogen-bond donors (Lipinski definition) is 1. The number of fused-ring (bicyclic) bond motifs is 1. The van der Waals surface area contributed by atoms with E-state index in [9.17, 15) is 14.7 Å². The fraction of sp³-hybridized carbons (Fsp3) is 0.269. The summed E-state index contributed by atoms with van der Waals surface area (Å²) in [5.41, 5.74) is 0.830. The van der Waals surface area contributed by atoms with E-state index >= 15 is 0 Å². The summed E-state index contributed by atoms with van der Waals surface area (Å²) >= 11 is 0. The molecule has 9 heteroatoms. The topological polar surface area (TPSA) is 108 Å². The minimum atomic E-state index is -0.818. The summed E-state index contributed by atoms with van der Waals surface area (Å²) in [6.45, 7) is 1.76. The van der Waals surface area contributed by atoms with Crippen molar-refractivity contribution in [3.05, 3.63) is 77.9 Å². The molecule has 0 aliphatic carbocycles. The van der Waals surface area contributed by atoms with Crippen LogP contribution in [-0.2, 0) is 16.1 Å². The van der Waals surface area contributed by atoms with Crippen molar-refractivity contribution in [2.24, 2.45) is 0 Å². The zero-order chi connectivity index (χ0) is 24.4. The molecule has 0 radical (unpaired) electrons. The number of nitrogens with one attached hydrogen (secondary N) is 1. The summed E-state index contributed by atoms with van der Waals surface area (Å²) in [6, 6.07) is 11.1. The van der Waals surface area contributed by atoms with Gasteiger partial charge in [0.2, 0.25) is 12.1 Å². The van der Waals surface area contributed by atoms with Gasteiger partial charge < -0.3 is 24.2 Å². The van der Waals surface area contributed by atoms with Crippen LogP contribution in [0.2, 0.25) is 0 Å². The zero-order valence-corrected chi connectivity index (χ0v) is 19.2. The van der Waals surface area contributed by atoms with Crippen molar-refractivity contribution in [3.8, 4) is 17.2 Å².